The van der Waals surface area contributed by atoms with Gasteiger partial charge in [-0.1, -0.05) is 32.0 Å². The van der Waals surface area contributed by atoms with Crippen molar-refractivity contribution in [3.63, 3.8) is 0 Å². The normalized spacial score (nSPS) is 19.8. The van der Waals surface area contributed by atoms with Crippen molar-refractivity contribution in [1.82, 2.24) is 9.97 Å². The smallest absolute Gasteiger partial charge is 0.227 e. The SMILES string of the molecule is [2H]C([2H])([2H])c1ccc(-c2cccc3c2oc2nc(C([2H])(C)C([2H])([2H])[2H])ccc23)nc1. The highest BCUT2D eigenvalue weighted by Crippen LogP contribution is 2.34. The van der Waals surface area contributed by atoms with E-state index in [1.54, 1.807) is 18.2 Å². The lowest BCUT2D eigenvalue weighted by molar-refractivity contribution is 0.648. The van der Waals surface area contributed by atoms with Gasteiger partial charge in [-0.05, 0) is 42.6 Å². The fourth-order valence-electron chi connectivity index (χ4n) is 2.64. The highest BCUT2D eigenvalue weighted by molar-refractivity contribution is 6.08. The summed E-state index contributed by atoms with van der Waals surface area (Å²) in [5, 5.41) is 1.46. The van der Waals surface area contributed by atoms with E-state index in [0.29, 0.717) is 22.2 Å². The van der Waals surface area contributed by atoms with Crippen LogP contribution in [0.2, 0.25) is 0 Å². The highest BCUT2D eigenvalue weighted by atomic mass is 16.3. The van der Waals surface area contributed by atoms with Crippen molar-refractivity contribution in [2.75, 3.05) is 0 Å². The van der Waals surface area contributed by atoms with E-state index in [9.17, 15) is 0 Å². The first-order valence-corrected chi connectivity index (χ1v) is 7.19. The predicted octanol–water partition coefficient (Wildman–Crippen LogP) is 5.47. The lowest BCUT2D eigenvalue weighted by atomic mass is 10.1. The van der Waals surface area contributed by atoms with Gasteiger partial charge in [-0.3, -0.25) is 4.98 Å². The Morgan fingerprint density at radius 2 is 2.09 bits per heavy atom. The van der Waals surface area contributed by atoms with Gasteiger partial charge in [-0.15, -0.1) is 0 Å². The van der Waals surface area contributed by atoms with Crippen LogP contribution >= 0.6 is 0 Å². The number of hydrogen-bond acceptors (Lipinski definition) is 3. The van der Waals surface area contributed by atoms with Crippen molar-refractivity contribution in [2.24, 2.45) is 0 Å². The first-order valence-electron chi connectivity index (χ1n) is 10.7. The van der Waals surface area contributed by atoms with Crippen molar-refractivity contribution >= 4 is 22.1 Å². The van der Waals surface area contributed by atoms with Crippen molar-refractivity contribution in [3.05, 3.63) is 59.9 Å². The first kappa shape index (κ1) is 8.25. The number of aryl methyl sites for hydroxylation is 1. The Morgan fingerprint density at radius 1 is 1.13 bits per heavy atom. The summed E-state index contributed by atoms with van der Waals surface area (Å²) >= 11 is 0. The van der Waals surface area contributed by atoms with E-state index in [2.05, 4.69) is 9.97 Å². The molecule has 3 aromatic heterocycles. The van der Waals surface area contributed by atoms with E-state index in [4.69, 9.17) is 14.0 Å². The van der Waals surface area contributed by atoms with E-state index >= 15 is 0 Å². The van der Waals surface area contributed by atoms with Gasteiger partial charge >= 0.3 is 0 Å². The van der Waals surface area contributed by atoms with Crippen LogP contribution in [0.3, 0.4) is 0 Å². The summed E-state index contributed by atoms with van der Waals surface area (Å²) < 4.78 is 59.5. The lowest BCUT2D eigenvalue weighted by Crippen LogP contribution is -1.90. The number of rotatable bonds is 2. The monoisotopic (exact) mass is 309 g/mol. The second kappa shape index (κ2) is 5.20. The van der Waals surface area contributed by atoms with Crippen LogP contribution in [0, 0.1) is 6.85 Å². The quantitative estimate of drug-likeness (QED) is 0.492. The zero-order valence-corrected chi connectivity index (χ0v) is 12.4. The van der Waals surface area contributed by atoms with Gasteiger partial charge in [0.05, 0.1) is 5.69 Å². The molecule has 0 saturated heterocycles. The van der Waals surface area contributed by atoms with Gasteiger partial charge in [0, 0.05) is 37.8 Å². The highest BCUT2D eigenvalue weighted by Gasteiger charge is 2.14. The molecular formula is C20H18N2O. The molecule has 3 heteroatoms. The minimum absolute atomic E-state index is 0.0933. The molecule has 3 heterocycles. The molecule has 0 bridgehead atoms. The maximum absolute atomic E-state index is 8.25. The van der Waals surface area contributed by atoms with Crippen LogP contribution < -0.4 is 0 Å². The third-order valence-electron chi connectivity index (χ3n) is 3.79. The number of hydrogen-bond donors (Lipinski definition) is 0. The molecule has 23 heavy (non-hydrogen) atoms. The molecule has 0 radical (unpaired) electrons. The average Bonchev–Trinajstić information content (AvgIpc) is 3.04. The Labute approximate surface area is 144 Å². The Morgan fingerprint density at radius 3 is 2.87 bits per heavy atom. The topological polar surface area (TPSA) is 38.9 Å². The third-order valence-corrected chi connectivity index (χ3v) is 3.79. The standard InChI is InChI=1S/C20H18N2O/c1-12(2)17-10-8-15-14-5-4-6-16(19(14)23-20(15)22-17)18-9-7-13(3)11-21-18/h4-12H,1-3H3/i1D3,3D3,12D. The Kier molecular flexibility index (Phi) is 1.86. The van der Waals surface area contributed by atoms with Crippen molar-refractivity contribution < 1.29 is 14.0 Å². The van der Waals surface area contributed by atoms with Crippen LogP contribution in [0.5, 0.6) is 0 Å². The van der Waals surface area contributed by atoms with Gasteiger partial charge in [0.2, 0.25) is 5.71 Å². The summed E-state index contributed by atoms with van der Waals surface area (Å²) in [5.41, 5.74) is 2.18. The Balaban J connectivity index is 1.87. The third kappa shape index (κ3) is 2.29. The number of furan rings is 1. The fraction of sp³-hybridized carbons (Fsp3) is 0.200. The number of benzene rings is 1. The van der Waals surface area contributed by atoms with Gasteiger partial charge in [0.1, 0.15) is 5.58 Å². The van der Waals surface area contributed by atoms with Crippen LogP contribution in [-0.2, 0) is 0 Å². The van der Waals surface area contributed by atoms with Crippen molar-refractivity contribution in [1.29, 1.82) is 0 Å². The molecule has 4 rings (SSSR count). The molecule has 3 nitrogen and oxygen atoms in total. The molecule has 1 aromatic carbocycles. The molecule has 0 saturated carbocycles. The van der Waals surface area contributed by atoms with Crippen LogP contribution in [0.25, 0.3) is 33.3 Å². The molecule has 0 aliphatic carbocycles. The molecule has 4 aromatic rings. The zero-order chi connectivity index (χ0) is 21.9. The molecule has 0 fully saturated rings. The largest absolute Gasteiger partial charge is 0.437 e. The van der Waals surface area contributed by atoms with Gasteiger partial charge in [0.15, 0.2) is 0 Å². The van der Waals surface area contributed by atoms with Gasteiger partial charge < -0.3 is 4.42 Å². The second-order valence-electron chi connectivity index (χ2n) is 5.39. The summed E-state index contributed by atoms with van der Waals surface area (Å²) in [6.07, 6.45) is 1.32. The van der Waals surface area contributed by atoms with E-state index in [1.165, 1.54) is 25.3 Å². The zero-order valence-electron chi connectivity index (χ0n) is 19.4. The van der Waals surface area contributed by atoms with Crippen LogP contribution in [0.15, 0.2) is 53.1 Å². The molecule has 0 aliphatic rings. The molecule has 0 amide bonds. The summed E-state index contributed by atoms with van der Waals surface area (Å²) in [6, 6.07) is 11.9. The predicted molar refractivity (Wildman–Crippen MR) is 93.6 cm³/mol. The molecule has 0 spiro atoms. The average molecular weight is 309 g/mol. The van der Waals surface area contributed by atoms with Gasteiger partial charge in [0.25, 0.3) is 0 Å². The fourth-order valence-corrected chi connectivity index (χ4v) is 2.64. The van der Waals surface area contributed by atoms with E-state index in [-0.39, 0.29) is 17.0 Å². The minimum atomic E-state index is -2.54. The maximum Gasteiger partial charge on any atom is 0.227 e. The second-order valence-corrected chi connectivity index (χ2v) is 5.39. The summed E-state index contributed by atoms with van der Waals surface area (Å²) in [5.74, 6) is -1.88. The first-order chi connectivity index (χ1) is 13.9. The van der Waals surface area contributed by atoms with Crippen LogP contribution in [-0.4, -0.2) is 9.97 Å². The molecular weight excluding hydrogens is 284 g/mol. The van der Waals surface area contributed by atoms with E-state index in [1.807, 2.05) is 12.1 Å². The number of aromatic nitrogens is 2. The van der Waals surface area contributed by atoms with Gasteiger partial charge in [-0.25, -0.2) is 4.98 Å². The van der Waals surface area contributed by atoms with Crippen LogP contribution in [0.4, 0.5) is 0 Å². The van der Waals surface area contributed by atoms with Crippen LogP contribution in [0.1, 0.15) is 40.5 Å². The number of fused-ring (bicyclic) bond motifs is 3. The van der Waals surface area contributed by atoms with Gasteiger partial charge in [-0.2, -0.15) is 0 Å². The summed E-state index contributed by atoms with van der Waals surface area (Å²) in [6.45, 7) is -3.47. The molecule has 0 aliphatic heterocycles. The molecule has 1 atom stereocenters. The van der Waals surface area contributed by atoms with Crippen molar-refractivity contribution in [3.8, 4) is 11.3 Å². The maximum atomic E-state index is 8.25. The molecule has 0 N–H and O–H groups in total. The van der Waals surface area contributed by atoms with E-state index < -0.39 is 19.6 Å². The summed E-state index contributed by atoms with van der Waals surface area (Å²) in [4.78, 5) is 8.60. The number of nitrogens with zero attached hydrogens (tertiary/aromatic N) is 2. The lowest BCUT2D eigenvalue weighted by Gasteiger charge is -2.02. The Bertz CT molecular complexity index is 1240. The van der Waals surface area contributed by atoms with E-state index in [0.717, 1.165) is 5.39 Å². The van der Waals surface area contributed by atoms with Crippen molar-refractivity contribution in [2.45, 2.75) is 26.5 Å². The number of para-hydroxylation sites is 1. The number of pyridine rings is 2. The summed E-state index contributed by atoms with van der Waals surface area (Å²) in [7, 11) is 0. The molecule has 114 valence electrons. The minimum Gasteiger partial charge on any atom is -0.437 e. The molecule has 1 unspecified atom stereocenters. The Hall–Kier alpha value is -2.68.